The smallest absolute Gasteiger partial charge is 0.224 e. The summed E-state index contributed by atoms with van der Waals surface area (Å²) in [5.74, 6) is 1.33. The van der Waals surface area contributed by atoms with Gasteiger partial charge in [-0.05, 0) is 49.4 Å². The van der Waals surface area contributed by atoms with Crippen molar-refractivity contribution in [3.05, 3.63) is 65.5 Å². The van der Waals surface area contributed by atoms with E-state index in [1.54, 1.807) is 0 Å². The fraction of sp³-hybridized carbons (Fsp3) is 0.517. The molecule has 0 bridgehead atoms. The zero-order valence-electron chi connectivity index (χ0n) is 20.6. The Kier molecular flexibility index (Phi) is 10.5. The number of carbonyl (C=O) groups excluding carboxylic acids is 1. The lowest BCUT2D eigenvalue weighted by atomic mass is 10.1. The van der Waals surface area contributed by atoms with Gasteiger partial charge in [0.15, 0.2) is 0 Å². The van der Waals surface area contributed by atoms with Gasteiger partial charge < -0.3 is 9.88 Å². The highest BCUT2D eigenvalue weighted by Gasteiger charge is 2.10. The monoisotopic (exact) mass is 447 g/mol. The first-order chi connectivity index (χ1) is 16.2. The van der Waals surface area contributed by atoms with E-state index in [9.17, 15) is 4.79 Å². The number of unbranched alkanes of at least 4 members (excludes halogenated alkanes) is 7. The maximum Gasteiger partial charge on any atom is 0.224 e. The number of nitrogens with one attached hydrogen (secondary N) is 1. The van der Waals surface area contributed by atoms with Gasteiger partial charge in [0.05, 0.1) is 17.5 Å². The molecule has 178 valence electrons. The summed E-state index contributed by atoms with van der Waals surface area (Å²) >= 11 is 0. The molecule has 0 atom stereocenters. The Morgan fingerprint density at radius 1 is 0.879 bits per heavy atom. The van der Waals surface area contributed by atoms with Gasteiger partial charge in [-0.3, -0.25) is 4.79 Å². The fourth-order valence-electron chi connectivity index (χ4n) is 4.47. The van der Waals surface area contributed by atoms with Gasteiger partial charge in [-0.15, -0.1) is 0 Å². The van der Waals surface area contributed by atoms with Crippen LogP contribution in [0.1, 0.15) is 81.7 Å². The minimum Gasteiger partial charge on any atom is -0.356 e. The van der Waals surface area contributed by atoms with E-state index in [0.29, 0.717) is 6.42 Å². The van der Waals surface area contributed by atoms with Gasteiger partial charge in [0.1, 0.15) is 5.82 Å². The molecular weight excluding hydrogens is 406 g/mol. The molecule has 0 aliphatic carbocycles. The molecule has 0 saturated heterocycles. The topological polar surface area (TPSA) is 46.9 Å². The lowest BCUT2D eigenvalue weighted by Gasteiger charge is -2.10. The molecule has 1 heterocycles. The van der Waals surface area contributed by atoms with Crippen molar-refractivity contribution in [1.82, 2.24) is 14.9 Å². The zero-order valence-corrected chi connectivity index (χ0v) is 20.6. The first-order valence-electron chi connectivity index (χ1n) is 12.9. The van der Waals surface area contributed by atoms with Crippen LogP contribution in [-0.4, -0.2) is 22.0 Å². The molecule has 0 aliphatic heterocycles. The Bertz CT molecular complexity index is 991. The molecule has 0 radical (unpaired) electrons. The average molecular weight is 448 g/mol. The van der Waals surface area contributed by atoms with E-state index >= 15 is 0 Å². The summed E-state index contributed by atoms with van der Waals surface area (Å²) in [5.41, 5.74) is 4.67. The number of fused-ring (bicyclic) bond motifs is 1. The van der Waals surface area contributed by atoms with E-state index in [4.69, 9.17) is 4.98 Å². The second-order valence-electron chi connectivity index (χ2n) is 9.20. The normalized spacial score (nSPS) is 11.2. The first kappa shape index (κ1) is 25.0. The van der Waals surface area contributed by atoms with Crippen LogP contribution >= 0.6 is 0 Å². The molecule has 2 aromatic carbocycles. The van der Waals surface area contributed by atoms with Crippen molar-refractivity contribution < 1.29 is 4.79 Å². The number of rotatable bonds is 15. The quantitative estimate of drug-likeness (QED) is 0.261. The molecule has 0 spiro atoms. The van der Waals surface area contributed by atoms with E-state index in [1.807, 2.05) is 18.2 Å². The molecule has 1 aromatic heterocycles. The van der Waals surface area contributed by atoms with Crippen LogP contribution in [0, 0.1) is 6.92 Å². The molecule has 0 aliphatic rings. The molecule has 33 heavy (non-hydrogen) atoms. The van der Waals surface area contributed by atoms with Crippen molar-refractivity contribution in [2.45, 2.75) is 91.0 Å². The standard InChI is InChI=1S/C29H41N3O/c1-3-4-5-6-7-15-22-32-27-19-13-12-18-26(27)31-28(32)20-9-8-14-21-30-29(33)23-25-17-11-10-16-24(25)2/h10-13,16-19H,3-9,14-15,20-23H2,1-2H3,(H,30,33). The Morgan fingerprint density at radius 3 is 2.45 bits per heavy atom. The fourth-order valence-corrected chi connectivity index (χ4v) is 4.47. The van der Waals surface area contributed by atoms with E-state index in [0.717, 1.165) is 49.9 Å². The van der Waals surface area contributed by atoms with E-state index in [2.05, 4.69) is 54.1 Å². The molecule has 0 saturated carbocycles. The summed E-state index contributed by atoms with van der Waals surface area (Å²) < 4.78 is 2.44. The SMILES string of the molecule is CCCCCCCCn1c(CCCCCNC(=O)Cc2ccccc2C)nc2ccccc21. The summed E-state index contributed by atoms with van der Waals surface area (Å²) in [7, 11) is 0. The number of hydrogen-bond donors (Lipinski definition) is 1. The first-order valence-corrected chi connectivity index (χ1v) is 12.9. The summed E-state index contributed by atoms with van der Waals surface area (Å²) in [6, 6.07) is 16.6. The Balaban J connectivity index is 1.40. The lowest BCUT2D eigenvalue weighted by Crippen LogP contribution is -2.26. The number of hydrogen-bond acceptors (Lipinski definition) is 2. The number of amides is 1. The molecule has 1 amide bonds. The van der Waals surface area contributed by atoms with Crippen LogP contribution in [0.5, 0.6) is 0 Å². The molecule has 0 fully saturated rings. The highest BCUT2D eigenvalue weighted by atomic mass is 16.1. The van der Waals surface area contributed by atoms with Gasteiger partial charge in [-0.1, -0.05) is 81.8 Å². The maximum atomic E-state index is 12.2. The average Bonchev–Trinajstić information content (AvgIpc) is 3.17. The Labute approximate surface area is 199 Å². The number of para-hydroxylation sites is 2. The molecule has 3 rings (SSSR count). The van der Waals surface area contributed by atoms with Crippen LogP contribution in [0.4, 0.5) is 0 Å². The number of benzene rings is 2. The van der Waals surface area contributed by atoms with Gasteiger partial charge in [-0.25, -0.2) is 4.98 Å². The summed E-state index contributed by atoms with van der Waals surface area (Å²) in [5, 5.41) is 3.08. The molecule has 0 unspecified atom stereocenters. The van der Waals surface area contributed by atoms with Crippen LogP contribution in [0.25, 0.3) is 11.0 Å². The van der Waals surface area contributed by atoms with Gasteiger partial charge in [0, 0.05) is 19.5 Å². The predicted molar refractivity (Wildman–Crippen MR) is 139 cm³/mol. The minimum atomic E-state index is 0.116. The molecule has 1 N–H and O–H groups in total. The van der Waals surface area contributed by atoms with Crippen molar-refractivity contribution in [3.63, 3.8) is 0 Å². The number of aryl methyl sites for hydroxylation is 3. The van der Waals surface area contributed by atoms with Crippen LogP contribution < -0.4 is 5.32 Å². The molecular formula is C29H41N3O. The summed E-state index contributed by atoms with van der Waals surface area (Å²) in [6.07, 6.45) is 12.6. The molecule has 3 aromatic rings. The van der Waals surface area contributed by atoms with Crippen LogP contribution in [0.3, 0.4) is 0 Å². The lowest BCUT2D eigenvalue weighted by molar-refractivity contribution is -0.120. The number of carbonyl (C=O) groups is 1. The number of nitrogens with zero attached hydrogens (tertiary/aromatic N) is 2. The zero-order chi connectivity index (χ0) is 23.3. The van der Waals surface area contributed by atoms with Gasteiger partial charge in [-0.2, -0.15) is 0 Å². The van der Waals surface area contributed by atoms with Crippen molar-refractivity contribution in [2.75, 3.05) is 6.54 Å². The summed E-state index contributed by atoms with van der Waals surface area (Å²) in [6.45, 7) is 6.14. The van der Waals surface area contributed by atoms with Gasteiger partial charge in [0.25, 0.3) is 0 Å². The third-order valence-corrected chi connectivity index (χ3v) is 6.48. The third-order valence-electron chi connectivity index (χ3n) is 6.48. The second-order valence-corrected chi connectivity index (χ2v) is 9.20. The Morgan fingerprint density at radius 2 is 1.61 bits per heavy atom. The van der Waals surface area contributed by atoms with Crippen LogP contribution in [0.15, 0.2) is 48.5 Å². The van der Waals surface area contributed by atoms with E-state index < -0.39 is 0 Å². The van der Waals surface area contributed by atoms with Crippen molar-refractivity contribution in [2.24, 2.45) is 0 Å². The Hall–Kier alpha value is -2.62. The summed E-state index contributed by atoms with van der Waals surface area (Å²) in [4.78, 5) is 17.2. The number of imidazole rings is 1. The third kappa shape index (κ3) is 8.03. The van der Waals surface area contributed by atoms with Crippen LogP contribution in [-0.2, 0) is 24.2 Å². The molecule has 4 heteroatoms. The highest BCUT2D eigenvalue weighted by molar-refractivity contribution is 5.78. The van der Waals surface area contributed by atoms with Crippen molar-refractivity contribution in [1.29, 1.82) is 0 Å². The van der Waals surface area contributed by atoms with E-state index in [1.165, 1.54) is 55.4 Å². The number of aromatic nitrogens is 2. The minimum absolute atomic E-state index is 0.116. The predicted octanol–water partition coefficient (Wildman–Crippen LogP) is 6.78. The van der Waals surface area contributed by atoms with Crippen molar-refractivity contribution in [3.8, 4) is 0 Å². The maximum absolute atomic E-state index is 12.2. The van der Waals surface area contributed by atoms with Gasteiger partial charge in [0.2, 0.25) is 5.91 Å². The largest absolute Gasteiger partial charge is 0.356 e. The van der Waals surface area contributed by atoms with E-state index in [-0.39, 0.29) is 5.91 Å². The van der Waals surface area contributed by atoms with Gasteiger partial charge >= 0.3 is 0 Å². The molecule has 4 nitrogen and oxygen atoms in total. The van der Waals surface area contributed by atoms with Crippen LogP contribution in [0.2, 0.25) is 0 Å². The highest BCUT2D eigenvalue weighted by Crippen LogP contribution is 2.19. The van der Waals surface area contributed by atoms with Crippen molar-refractivity contribution >= 4 is 16.9 Å². The second kappa shape index (κ2) is 13.8.